The summed E-state index contributed by atoms with van der Waals surface area (Å²) in [5.74, 6) is 2.35. The Labute approximate surface area is 114 Å². The molecular weight excluding hydrogens is 298 g/mol. The van der Waals surface area contributed by atoms with Gasteiger partial charge in [-0.15, -0.1) is 0 Å². The Bertz CT molecular complexity index is 523. The van der Waals surface area contributed by atoms with Crippen LogP contribution in [0.3, 0.4) is 0 Å². The summed E-state index contributed by atoms with van der Waals surface area (Å²) in [6, 6.07) is 7.27. The fourth-order valence-corrected chi connectivity index (χ4v) is 1.83. The van der Waals surface area contributed by atoms with Gasteiger partial charge in [-0.25, -0.2) is 0 Å². The SMILES string of the molecule is COc1cccc(OC)c1Oc1cncc(Br)c1. The molecule has 0 atom stereocenters. The molecule has 0 spiro atoms. The van der Waals surface area contributed by atoms with Gasteiger partial charge in [0, 0.05) is 10.7 Å². The molecule has 1 aromatic carbocycles. The smallest absolute Gasteiger partial charge is 0.211 e. The van der Waals surface area contributed by atoms with E-state index in [1.54, 1.807) is 26.6 Å². The molecule has 1 heterocycles. The zero-order valence-electron chi connectivity index (χ0n) is 10.0. The summed E-state index contributed by atoms with van der Waals surface area (Å²) < 4.78 is 17.1. The standard InChI is InChI=1S/C13H12BrNO3/c1-16-11-4-3-5-12(17-2)13(11)18-10-6-9(14)7-15-8-10/h3-8H,1-2H3. The third-order valence-electron chi connectivity index (χ3n) is 2.28. The van der Waals surface area contributed by atoms with Crippen LogP contribution in [0.4, 0.5) is 0 Å². The molecule has 0 aliphatic carbocycles. The lowest BCUT2D eigenvalue weighted by atomic mass is 10.3. The molecule has 2 rings (SSSR count). The molecule has 0 saturated carbocycles. The van der Waals surface area contributed by atoms with Crippen LogP contribution in [0.2, 0.25) is 0 Å². The van der Waals surface area contributed by atoms with Crippen LogP contribution >= 0.6 is 15.9 Å². The first kappa shape index (κ1) is 12.7. The number of rotatable bonds is 4. The third-order valence-corrected chi connectivity index (χ3v) is 2.72. The van der Waals surface area contributed by atoms with E-state index in [9.17, 15) is 0 Å². The fraction of sp³-hybridized carbons (Fsp3) is 0.154. The van der Waals surface area contributed by atoms with Crippen molar-refractivity contribution in [1.82, 2.24) is 4.98 Å². The lowest BCUT2D eigenvalue weighted by Gasteiger charge is -2.13. The van der Waals surface area contributed by atoms with Crippen molar-refractivity contribution in [3.05, 3.63) is 41.1 Å². The van der Waals surface area contributed by atoms with Crippen molar-refractivity contribution in [2.24, 2.45) is 0 Å². The van der Waals surface area contributed by atoms with Crippen LogP contribution in [-0.2, 0) is 0 Å². The molecule has 0 fully saturated rings. The average molecular weight is 310 g/mol. The predicted octanol–water partition coefficient (Wildman–Crippen LogP) is 3.65. The molecule has 0 bridgehead atoms. The van der Waals surface area contributed by atoms with Gasteiger partial charge < -0.3 is 14.2 Å². The molecule has 0 radical (unpaired) electrons. The summed E-state index contributed by atoms with van der Waals surface area (Å²) in [4.78, 5) is 4.04. The summed E-state index contributed by atoms with van der Waals surface area (Å²) in [5, 5.41) is 0. The van der Waals surface area contributed by atoms with Gasteiger partial charge in [-0.3, -0.25) is 4.98 Å². The van der Waals surface area contributed by atoms with Gasteiger partial charge in [0.2, 0.25) is 5.75 Å². The Morgan fingerprint density at radius 2 is 1.72 bits per heavy atom. The first-order chi connectivity index (χ1) is 8.74. The van der Waals surface area contributed by atoms with Crippen molar-refractivity contribution >= 4 is 15.9 Å². The largest absolute Gasteiger partial charge is 0.493 e. The van der Waals surface area contributed by atoms with Crippen molar-refractivity contribution in [2.75, 3.05) is 14.2 Å². The minimum atomic E-state index is 0.530. The highest BCUT2D eigenvalue weighted by molar-refractivity contribution is 9.10. The number of benzene rings is 1. The molecule has 0 saturated heterocycles. The van der Waals surface area contributed by atoms with Crippen molar-refractivity contribution < 1.29 is 14.2 Å². The molecule has 0 N–H and O–H groups in total. The summed E-state index contributed by atoms with van der Waals surface area (Å²) in [7, 11) is 3.17. The minimum Gasteiger partial charge on any atom is -0.493 e. The van der Waals surface area contributed by atoms with Gasteiger partial charge in [-0.2, -0.15) is 0 Å². The molecule has 2 aromatic rings. The van der Waals surface area contributed by atoms with E-state index < -0.39 is 0 Å². The van der Waals surface area contributed by atoms with Crippen LogP contribution in [0.15, 0.2) is 41.1 Å². The summed E-state index contributed by atoms with van der Waals surface area (Å²) >= 11 is 3.34. The predicted molar refractivity (Wildman–Crippen MR) is 71.6 cm³/mol. The van der Waals surface area contributed by atoms with Gasteiger partial charge in [0.25, 0.3) is 0 Å². The van der Waals surface area contributed by atoms with Gasteiger partial charge in [-0.05, 0) is 34.1 Å². The maximum absolute atomic E-state index is 5.76. The van der Waals surface area contributed by atoms with E-state index in [0.717, 1.165) is 4.47 Å². The van der Waals surface area contributed by atoms with Gasteiger partial charge >= 0.3 is 0 Å². The highest BCUT2D eigenvalue weighted by atomic mass is 79.9. The van der Waals surface area contributed by atoms with Crippen LogP contribution in [0, 0.1) is 0 Å². The lowest BCUT2D eigenvalue weighted by Crippen LogP contribution is -1.94. The molecular formula is C13H12BrNO3. The van der Waals surface area contributed by atoms with E-state index in [-0.39, 0.29) is 0 Å². The van der Waals surface area contributed by atoms with Crippen LogP contribution in [0.1, 0.15) is 0 Å². The Balaban J connectivity index is 2.38. The summed E-state index contributed by atoms with van der Waals surface area (Å²) in [6.45, 7) is 0. The second-order valence-corrected chi connectivity index (χ2v) is 4.35. The Morgan fingerprint density at radius 3 is 2.28 bits per heavy atom. The van der Waals surface area contributed by atoms with E-state index in [2.05, 4.69) is 20.9 Å². The zero-order valence-corrected chi connectivity index (χ0v) is 11.6. The average Bonchev–Trinajstić information content (AvgIpc) is 2.39. The number of pyridine rings is 1. The molecule has 5 heteroatoms. The normalized spacial score (nSPS) is 9.94. The maximum Gasteiger partial charge on any atom is 0.211 e. The van der Waals surface area contributed by atoms with Gasteiger partial charge in [0.15, 0.2) is 11.5 Å². The van der Waals surface area contributed by atoms with Crippen LogP contribution < -0.4 is 14.2 Å². The number of ether oxygens (including phenoxy) is 3. The molecule has 0 aliphatic rings. The van der Waals surface area contributed by atoms with E-state index in [0.29, 0.717) is 23.0 Å². The fourth-order valence-electron chi connectivity index (χ4n) is 1.48. The van der Waals surface area contributed by atoms with Crippen molar-refractivity contribution in [2.45, 2.75) is 0 Å². The number of hydrogen-bond acceptors (Lipinski definition) is 4. The Morgan fingerprint density at radius 1 is 1.06 bits per heavy atom. The number of halogens is 1. The van der Waals surface area contributed by atoms with Crippen molar-refractivity contribution in [3.63, 3.8) is 0 Å². The van der Waals surface area contributed by atoms with Crippen LogP contribution in [0.5, 0.6) is 23.0 Å². The highest BCUT2D eigenvalue weighted by Gasteiger charge is 2.12. The number of hydrogen-bond donors (Lipinski definition) is 0. The van der Waals surface area contributed by atoms with Crippen LogP contribution in [0.25, 0.3) is 0 Å². The quantitative estimate of drug-likeness (QED) is 0.864. The lowest BCUT2D eigenvalue weighted by molar-refractivity contribution is 0.346. The first-order valence-electron chi connectivity index (χ1n) is 5.24. The summed E-state index contributed by atoms with van der Waals surface area (Å²) in [6.07, 6.45) is 3.31. The molecule has 18 heavy (non-hydrogen) atoms. The third kappa shape index (κ3) is 2.73. The van der Waals surface area contributed by atoms with Gasteiger partial charge in [-0.1, -0.05) is 6.07 Å². The number of para-hydroxylation sites is 1. The Kier molecular flexibility index (Phi) is 4.04. The zero-order chi connectivity index (χ0) is 13.0. The highest BCUT2D eigenvalue weighted by Crippen LogP contribution is 2.39. The van der Waals surface area contributed by atoms with E-state index >= 15 is 0 Å². The van der Waals surface area contributed by atoms with E-state index in [1.165, 1.54) is 0 Å². The Hall–Kier alpha value is -1.75. The van der Waals surface area contributed by atoms with Crippen molar-refractivity contribution in [1.29, 1.82) is 0 Å². The van der Waals surface area contributed by atoms with Gasteiger partial charge in [0.1, 0.15) is 5.75 Å². The second-order valence-electron chi connectivity index (χ2n) is 3.43. The molecule has 1 aromatic heterocycles. The molecule has 94 valence electrons. The van der Waals surface area contributed by atoms with Crippen LogP contribution in [-0.4, -0.2) is 19.2 Å². The number of methoxy groups -OCH3 is 2. The van der Waals surface area contributed by atoms with E-state index in [4.69, 9.17) is 14.2 Å². The first-order valence-corrected chi connectivity index (χ1v) is 6.03. The maximum atomic E-state index is 5.76. The minimum absolute atomic E-state index is 0.530. The summed E-state index contributed by atoms with van der Waals surface area (Å²) in [5.41, 5.74) is 0. The molecule has 0 unspecified atom stereocenters. The monoisotopic (exact) mass is 309 g/mol. The van der Waals surface area contributed by atoms with Gasteiger partial charge in [0.05, 0.1) is 20.4 Å². The number of nitrogens with zero attached hydrogens (tertiary/aromatic N) is 1. The molecule has 0 amide bonds. The topological polar surface area (TPSA) is 40.6 Å². The van der Waals surface area contributed by atoms with Crippen molar-refractivity contribution in [3.8, 4) is 23.0 Å². The number of aromatic nitrogens is 1. The second kappa shape index (κ2) is 5.73. The van der Waals surface area contributed by atoms with E-state index in [1.807, 2.05) is 24.3 Å². The molecule has 4 nitrogen and oxygen atoms in total. The molecule has 0 aliphatic heterocycles.